The number of rotatable bonds is 8. The van der Waals surface area contributed by atoms with Crippen molar-refractivity contribution in [1.29, 1.82) is 0 Å². The molecule has 198 valence electrons. The van der Waals surface area contributed by atoms with Gasteiger partial charge in [0.25, 0.3) is 0 Å². The number of esters is 1. The first-order valence-electron chi connectivity index (χ1n) is 12.5. The molecule has 0 heterocycles. The van der Waals surface area contributed by atoms with Crippen molar-refractivity contribution in [2.45, 2.75) is 52.4 Å². The topological polar surface area (TPSA) is 46.6 Å². The highest BCUT2D eigenvalue weighted by Gasteiger charge is 2.30. The van der Waals surface area contributed by atoms with Gasteiger partial charge >= 0.3 is 18.1 Å². The molecule has 7 heteroatoms. The molecule has 3 aromatic carbocycles. The van der Waals surface area contributed by atoms with Gasteiger partial charge in [-0.1, -0.05) is 61.6 Å². The number of hydrogen-bond donors (Lipinski definition) is 0. The summed E-state index contributed by atoms with van der Waals surface area (Å²) in [6.07, 6.45) is -1.09. The van der Waals surface area contributed by atoms with Gasteiger partial charge in [-0.2, -0.15) is 13.2 Å². The third-order valence-corrected chi connectivity index (χ3v) is 5.84. The average molecular weight is 522 g/mol. The van der Waals surface area contributed by atoms with Gasteiger partial charge in [0.15, 0.2) is 0 Å². The molecule has 0 aliphatic heterocycles. The zero-order valence-corrected chi connectivity index (χ0v) is 21.5. The summed E-state index contributed by atoms with van der Waals surface area (Å²) >= 11 is 0. The monoisotopic (exact) mass is 521 g/mol. The number of alkyl halides is 3. The van der Waals surface area contributed by atoms with Gasteiger partial charge in [0, 0.05) is 24.2 Å². The van der Waals surface area contributed by atoms with Crippen molar-refractivity contribution in [3.05, 3.63) is 106 Å². The van der Waals surface area contributed by atoms with E-state index in [0.717, 1.165) is 48.1 Å². The van der Waals surface area contributed by atoms with Crippen LogP contribution in [0.15, 0.2) is 72.8 Å². The fourth-order valence-corrected chi connectivity index (χ4v) is 3.73. The molecule has 4 nitrogen and oxygen atoms in total. The van der Waals surface area contributed by atoms with E-state index in [1.807, 2.05) is 24.3 Å². The molecule has 0 fully saturated rings. The Labute approximate surface area is 221 Å². The molecule has 0 spiro atoms. The van der Waals surface area contributed by atoms with Crippen molar-refractivity contribution in [2.24, 2.45) is 0 Å². The number of nitrogens with zero attached hydrogens (tertiary/aromatic N) is 1. The molecule has 38 heavy (non-hydrogen) atoms. The van der Waals surface area contributed by atoms with Crippen molar-refractivity contribution in [1.82, 2.24) is 4.90 Å². The van der Waals surface area contributed by atoms with Crippen molar-refractivity contribution >= 4 is 11.9 Å². The van der Waals surface area contributed by atoms with Crippen LogP contribution in [0.1, 0.15) is 60.1 Å². The average Bonchev–Trinajstić information content (AvgIpc) is 2.91. The summed E-state index contributed by atoms with van der Waals surface area (Å²) < 4.78 is 43.5. The number of ether oxygens (including phenoxy) is 1. The number of hydrogen-bond acceptors (Lipinski definition) is 3. The third-order valence-electron chi connectivity index (χ3n) is 5.84. The van der Waals surface area contributed by atoms with Crippen molar-refractivity contribution in [3.8, 4) is 11.8 Å². The SMILES string of the molecule is CCCCc1ccc(C#Cc2ccc(CN(Cc3ccc(C(F)(F)F)cc3)C(=O)C(=O)OCC)cc2)cc1. The molecule has 0 N–H and O–H groups in total. The predicted octanol–water partition coefficient (Wildman–Crippen LogP) is 6.54. The standard InChI is InChI=1S/C31H30F3NO3/c1-3-5-6-23-7-9-24(10-8-23)11-12-25-13-15-26(16-14-25)21-35(29(36)30(37)38-4-2)22-27-17-19-28(20-18-27)31(32,33)34/h7-10,13-20H,3-6,21-22H2,1-2H3. The number of amides is 1. The van der Waals surface area contributed by atoms with Gasteiger partial charge in [0.05, 0.1) is 12.2 Å². The zero-order chi connectivity index (χ0) is 27.5. The molecule has 0 aromatic heterocycles. The van der Waals surface area contributed by atoms with Gasteiger partial charge < -0.3 is 9.64 Å². The van der Waals surface area contributed by atoms with Gasteiger partial charge in [0.2, 0.25) is 0 Å². The highest BCUT2D eigenvalue weighted by Crippen LogP contribution is 2.29. The molecule has 0 radical (unpaired) electrons. The fraction of sp³-hybridized carbons (Fsp3) is 0.290. The van der Waals surface area contributed by atoms with Crippen LogP contribution in [0, 0.1) is 11.8 Å². The van der Waals surface area contributed by atoms with E-state index in [9.17, 15) is 22.8 Å². The molecule has 0 bridgehead atoms. The second-order valence-electron chi connectivity index (χ2n) is 8.82. The minimum absolute atomic E-state index is 0.0352. The number of carbonyl (C=O) groups excluding carboxylic acids is 2. The molecule has 0 unspecified atom stereocenters. The second-order valence-corrected chi connectivity index (χ2v) is 8.82. The summed E-state index contributed by atoms with van der Waals surface area (Å²) in [5.41, 5.74) is 3.40. The summed E-state index contributed by atoms with van der Waals surface area (Å²) in [4.78, 5) is 26.1. The molecule has 0 saturated heterocycles. The molecule has 3 aromatic rings. The van der Waals surface area contributed by atoms with Crippen LogP contribution >= 0.6 is 0 Å². The summed E-state index contributed by atoms with van der Waals surface area (Å²) in [6.45, 7) is 3.82. The predicted molar refractivity (Wildman–Crippen MR) is 140 cm³/mol. The molecule has 3 rings (SSSR count). The van der Waals surface area contributed by atoms with Crippen LogP contribution in [0.4, 0.5) is 13.2 Å². The largest absolute Gasteiger partial charge is 0.459 e. The number of aryl methyl sites for hydroxylation is 1. The lowest BCUT2D eigenvalue weighted by Gasteiger charge is -2.22. The van der Waals surface area contributed by atoms with Crippen LogP contribution in [0.5, 0.6) is 0 Å². The Kier molecular flexibility index (Phi) is 10.1. The van der Waals surface area contributed by atoms with Gasteiger partial charge in [-0.15, -0.1) is 0 Å². The smallest absolute Gasteiger partial charge is 0.416 e. The maximum atomic E-state index is 12.9. The zero-order valence-electron chi connectivity index (χ0n) is 21.5. The van der Waals surface area contributed by atoms with Crippen LogP contribution in [0.2, 0.25) is 0 Å². The fourth-order valence-electron chi connectivity index (χ4n) is 3.73. The van der Waals surface area contributed by atoms with E-state index >= 15 is 0 Å². The Morgan fingerprint density at radius 2 is 1.24 bits per heavy atom. The lowest BCUT2D eigenvalue weighted by atomic mass is 10.1. The summed E-state index contributed by atoms with van der Waals surface area (Å²) in [5, 5.41) is 0. The van der Waals surface area contributed by atoms with E-state index in [1.54, 1.807) is 19.1 Å². The first kappa shape index (κ1) is 28.5. The summed E-state index contributed by atoms with van der Waals surface area (Å²) in [7, 11) is 0. The molecule has 0 aliphatic carbocycles. The van der Waals surface area contributed by atoms with E-state index in [4.69, 9.17) is 4.74 Å². The maximum absolute atomic E-state index is 12.9. The van der Waals surface area contributed by atoms with E-state index < -0.39 is 23.6 Å². The Hall–Kier alpha value is -4.05. The normalized spacial score (nSPS) is 10.9. The van der Waals surface area contributed by atoms with Crippen molar-refractivity contribution in [2.75, 3.05) is 6.61 Å². The first-order chi connectivity index (χ1) is 18.2. The van der Waals surface area contributed by atoms with E-state index in [2.05, 4.69) is 30.9 Å². The number of unbranched alkanes of at least 4 members (excludes halogenated alkanes) is 1. The van der Waals surface area contributed by atoms with Gasteiger partial charge in [-0.25, -0.2) is 4.79 Å². The molecule has 1 amide bonds. The number of halogens is 3. The Morgan fingerprint density at radius 1 is 0.763 bits per heavy atom. The summed E-state index contributed by atoms with van der Waals surface area (Å²) in [5.74, 6) is 4.39. The minimum Gasteiger partial charge on any atom is -0.459 e. The Bertz CT molecular complexity index is 1270. The number of carbonyl (C=O) groups is 2. The Morgan fingerprint density at radius 3 is 1.68 bits per heavy atom. The van der Waals surface area contributed by atoms with Crippen LogP contribution in [0.3, 0.4) is 0 Å². The molecule has 0 atom stereocenters. The summed E-state index contributed by atoms with van der Waals surface area (Å²) in [6, 6.07) is 19.9. The lowest BCUT2D eigenvalue weighted by molar-refractivity contribution is -0.160. The van der Waals surface area contributed by atoms with E-state index in [1.165, 1.54) is 22.6 Å². The van der Waals surface area contributed by atoms with Gasteiger partial charge in [-0.3, -0.25) is 4.79 Å². The van der Waals surface area contributed by atoms with Crippen molar-refractivity contribution in [3.63, 3.8) is 0 Å². The molecule has 0 aliphatic rings. The van der Waals surface area contributed by atoms with Gasteiger partial charge in [-0.05, 0) is 72.9 Å². The third kappa shape index (κ3) is 8.52. The van der Waals surface area contributed by atoms with Crippen LogP contribution < -0.4 is 0 Å². The molecular weight excluding hydrogens is 491 g/mol. The lowest BCUT2D eigenvalue weighted by Crippen LogP contribution is -2.36. The van der Waals surface area contributed by atoms with Crippen LogP contribution in [-0.2, 0) is 40.0 Å². The van der Waals surface area contributed by atoms with Crippen LogP contribution in [0.25, 0.3) is 0 Å². The molecule has 0 saturated carbocycles. The van der Waals surface area contributed by atoms with Gasteiger partial charge in [0.1, 0.15) is 0 Å². The maximum Gasteiger partial charge on any atom is 0.416 e. The minimum atomic E-state index is -4.46. The highest BCUT2D eigenvalue weighted by atomic mass is 19.4. The van der Waals surface area contributed by atoms with E-state index in [-0.39, 0.29) is 19.7 Å². The quantitative estimate of drug-likeness (QED) is 0.192. The van der Waals surface area contributed by atoms with Crippen molar-refractivity contribution < 1.29 is 27.5 Å². The first-order valence-corrected chi connectivity index (χ1v) is 12.5. The van der Waals surface area contributed by atoms with E-state index in [0.29, 0.717) is 5.56 Å². The highest BCUT2D eigenvalue weighted by molar-refractivity contribution is 6.32. The second kappa shape index (κ2) is 13.5. The van der Waals surface area contributed by atoms with Crippen LogP contribution in [-0.4, -0.2) is 23.4 Å². The molecular formula is C31H30F3NO3. The number of benzene rings is 3. The Balaban J connectivity index is 1.72.